The van der Waals surface area contributed by atoms with E-state index in [1.54, 1.807) is 0 Å². The molecule has 0 saturated heterocycles. The Balaban J connectivity index is 2.54. The molecule has 1 heterocycles. The van der Waals surface area contributed by atoms with Crippen molar-refractivity contribution in [2.75, 3.05) is 38.5 Å². The van der Waals surface area contributed by atoms with E-state index in [-0.39, 0.29) is 5.91 Å². The van der Waals surface area contributed by atoms with Gasteiger partial charge in [0.2, 0.25) is 5.91 Å². The van der Waals surface area contributed by atoms with E-state index in [1.807, 2.05) is 48.9 Å². The van der Waals surface area contributed by atoms with Crippen LogP contribution in [0.25, 0.3) is 0 Å². The molecule has 1 aromatic rings. The molecule has 0 aliphatic heterocycles. The molecule has 1 N–H and O–H groups in total. The van der Waals surface area contributed by atoms with Crippen molar-refractivity contribution in [1.82, 2.24) is 14.8 Å². The number of aromatic nitrogens is 1. The van der Waals surface area contributed by atoms with Gasteiger partial charge in [0.15, 0.2) is 0 Å². The SMILES string of the molecule is CCCNc1cccc(CN(C)CC(=O)N(CC)CC)n1. The third-order valence-electron chi connectivity index (χ3n) is 3.32. The van der Waals surface area contributed by atoms with E-state index < -0.39 is 0 Å². The standard InChI is InChI=1S/C16H28N4O/c1-5-11-17-15-10-8-9-14(18-15)12-19(4)13-16(21)20(6-2)7-3/h8-10H,5-7,11-13H2,1-4H3,(H,17,18). The Morgan fingerprint density at radius 2 is 1.95 bits per heavy atom. The first-order chi connectivity index (χ1) is 10.1. The minimum Gasteiger partial charge on any atom is -0.370 e. The summed E-state index contributed by atoms with van der Waals surface area (Å²) in [6.07, 6.45) is 1.07. The average molecular weight is 292 g/mol. The lowest BCUT2D eigenvalue weighted by Crippen LogP contribution is -2.38. The molecular weight excluding hydrogens is 264 g/mol. The minimum atomic E-state index is 0.169. The molecule has 0 spiro atoms. The lowest BCUT2D eigenvalue weighted by atomic mass is 10.3. The van der Waals surface area contributed by atoms with Crippen LogP contribution in [-0.4, -0.2) is 53.9 Å². The average Bonchev–Trinajstić information content (AvgIpc) is 2.46. The van der Waals surface area contributed by atoms with E-state index in [0.717, 1.165) is 37.6 Å². The number of anilines is 1. The Hall–Kier alpha value is -1.62. The van der Waals surface area contributed by atoms with Gasteiger partial charge < -0.3 is 10.2 Å². The highest BCUT2D eigenvalue weighted by Gasteiger charge is 2.12. The van der Waals surface area contributed by atoms with E-state index in [9.17, 15) is 4.79 Å². The number of rotatable bonds is 9. The van der Waals surface area contributed by atoms with E-state index in [2.05, 4.69) is 17.2 Å². The molecular formula is C16H28N4O. The molecule has 0 fully saturated rings. The summed E-state index contributed by atoms with van der Waals surface area (Å²) < 4.78 is 0. The summed E-state index contributed by atoms with van der Waals surface area (Å²) >= 11 is 0. The van der Waals surface area contributed by atoms with Gasteiger partial charge in [-0.1, -0.05) is 13.0 Å². The molecule has 0 saturated carbocycles. The van der Waals surface area contributed by atoms with Gasteiger partial charge >= 0.3 is 0 Å². The molecule has 0 unspecified atom stereocenters. The van der Waals surface area contributed by atoms with Crippen molar-refractivity contribution in [1.29, 1.82) is 0 Å². The molecule has 1 aromatic heterocycles. The van der Waals surface area contributed by atoms with Crippen LogP contribution >= 0.6 is 0 Å². The summed E-state index contributed by atoms with van der Waals surface area (Å²) in [7, 11) is 1.95. The van der Waals surface area contributed by atoms with Crippen LogP contribution < -0.4 is 5.32 Å². The molecule has 5 nitrogen and oxygen atoms in total. The van der Waals surface area contributed by atoms with Gasteiger partial charge in [-0.05, 0) is 39.4 Å². The molecule has 21 heavy (non-hydrogen) atoms. The maximum Gasteiger partial charge on any atom is 0.236 e. The molecule has 5 heteroatoms. The second kappa shape index (κ2) is 9.34. The first-order valence-corrected chi connectivity index (χ1v) is 7.76. The fraction of sp³-hybridized carbons (Fsp3) is 0.625. The maximum atomic E-state index is 12.1. The summed E-state index contributed by atoms with van der Waals surface area (Å²) in [5.41, 5.74) is 0.978. The second-order valence-electron chi connectivity index (χ2n) is 5.18. The Morgan fingerprint density at radius 3 is 2.57 bits per heavy atom. The fourth-order valence-electron chi connectivity index (χ4n) is 2.16. The van der Waals surface area contributed by atoms with Crippen molar-refractivity contribution >= 4 is 11.7 Å². The van der Waals surface area contributed by atoms with E-state index in [1.165, 1.54) is 0 Å². The van der Waals surface area contributed by atoms with Gasteiger partial charge in [-0.25, -0.2) is 4.98 Å². The molecule has 0 aromatic carbocycles. The number of hydrogen-bond donors (Lipinski definition) is 1. The predicted molar refractivity (Wildman–Crippen MR) is 87.3 cm³/mol. The second-order valence-corrected chi connectivity index (χ2v) is 5.18. The van der Waals surface area contributed by atoms with Gasteiger partial charge in [-0.2, -0.15) is 0 Å². The van der Waals surface area contributed by atoms with Crippen LogP contribution in [0.15, 0.2) is 18.2 Å². The van der Waals surface area contributed by atoms with Crippen LogP contribution in [0.3, 0.4) is 0 Å². The number of carbonyl (C=O) groups is 1. The van der Waals surface area contributed by atoms with Crippen LogP contribution in [0, 0.1) is 0 Å². The zero-order valence-corrected chi connectivity index (χ0v) is 13.7. The monoisotopic (exact) mass is 292 g/mol. The number of amides is 1. The minimum absolute atomic E-state index is 0.169. The molecule has 0 bridgehead atoms. The first kappa shape index (κ1) is 17.4. The molecule has 1 amide bonds. The number of pyridine rings is 1. The molecule has 1 rings (SSSR count). The summed E-state index contributed by atoms with van der Waals surface area (Å²) in [4.78, 5) is 20.5. The van der Waals surface area contributed by atoms with Crippen molar-refractivity contribution in [2.24, 2.45) is 0 Å². The lowest BCUT2D eigenvalue weighted by molar-refractivity contribution is -0.131. The smallest absolute Gasteiger partial charge is 0.236 e. The zero-order valence-electron chi connectivity index (χ0n) is 13.7. The van der Waals surface area contributed by atoms with Crippen molar-refractivity contribution in [3.05, 3.63) is 23.9 Å². The number of nitrogens with zero attached hydrogens (tertiary/aromatic N) is 3. The van der Waals surface area contributed by atoms with Gasteiger partial charge in [0.1, 0.15) is 5.82 Å². The fourth-order valence-corrected chi connectivity index (χ4v) is 2.16. The van der Waals surface area contributed by atoms with Gasteiger partial charge in [0.05, 0.1) is 12.2 Å². The summed E-state index contributed by atoms with van der Waals surface area (Å²) in [5, 5.41) is 3.28. The summed E-state index contributed by atoms with van der Waals surface area (Å²) in [6.45, 7) is 9.69. The van der Waals surface area contributed by atoms with Crippen LogP contribution in [-0.2, 0) is 11.3 Å². The highest BCUT2D eigenvalue weighted by Crippen LogP contribution is 2.07. The number of likely N-dealkylation sites (N-methyl/N-ethyl adjacent to an activating group) is 2. The Labute approximate surface area is 128 Å². The van der Waals surface area contributed by atoms with Crippen LogP contribution in [0.5, 0.6) is 0 Å². The van der Waals surface area contributed by atoms with Gasteiger partial charge in [-0.3, -0.25) is 9.69 Å². The third-order valence-corrected chi connectivity index (χ3v) is 3.32. The van der Waals surface area contributed by atoms with Crippen LogP contribution in [0.1, 0.15) is 32.9 Å². The van der Waals surface area contributed by atoms with E-state index >= 15 is 0 Å². The van der Waals surface area contributed by atoms with Gasteiger partial charge in [-0.15, -0.1) is 0 Å². The molecule has 0 atom stereocenters. The quantitative estimate of drug-likeness (QED) is 0.758. The molecule has 0 radical (unpaired) electrons. The third kappa shape index (κ3) is 6.12. The van der Waals surface area contributed by atoms with Crippen LogP contribution in [0.4, 0.5) is 5.82 Å². The van der Waals surface area contributed by atoms with E-state index in [0.29, 0.717) is 13.1 Å². The maximum absolute atomic E-state index is 12.1. The highest BCUT2D eigenvalue weighted by molar-refractivity contribution is 5.78. The summed E-state index contributed by atoms with van der Waals surface area (Å²) in [5.74, 6) is 1.07. The molecule has 0 aliphatic carbocycles. The number of carbonyl (C=O) groups excluding carboxylic acids is 1. The predicted octanol–water partition coefficient (Wildman–Crippen LogP) is 2.20. The Kier molecular flexibility index (Phi) is 7.75. The van der Waals surface area contributed by atoms with Crippen molar-refractivity contribution in [3.63, 3.8) is 0 Å². The molecule has 118 valence electrons. The number of nitrogens with one attached hydrogen (secondary N) is 1. The Morgan fingerprint density at radius 1 is 1.24 bits per heavy atom. The zero-order chi connectivity index (χ0) is 15.7. The largest absolute Gasteiger partial charge is 0.370 e. The normalized spacial score (nSPS) is 10.7. The van der Waals surface area contributed by atoms with Gasteiger partial charge in [0, 0.05) is 26.2 Å². The van der Waals surface area contributed by atoms with Crippen molar-refractivity contribution in [3.8, 4) is 0 Å². The van der Waals surface area contributed by atoms with Crippen molar-refractivity contribution < 1.29 is 4.79 Å². The van der Waals surface area contributed by atoms with E-state index in [4.69, 9.17) is 0 Å². The lowest BCUT2D eigenvalue weighted by Gasteiger charge is -2.23. The summed E-state index contributed by atoms with van der Waals surface area (Å²) in [6, 6.07) is 5.97. The van der Waals surface area contributed by atoms with Crippen LogP contribution in [0.2, 0.25) is 0 Å². The highest BCUT2D eigenvalue weighted by atomic mass is 16.2. The topological polar surface area (TPSA) is 48.5 Å². The molecule has 0 aliphatic rings. The Bertz CT molecular complexity index is 432. The van der Waals surface area contributed by atoms with Crippen molar-refractivity contribution in [2.45, 2.75) is 33.7 Å². The first-order valence-electron chi connectivity index (χ1n) is 7.76. The van der Waals surface area contributed by atoms with Gasteiger partial charge in [0.25, 0.3) is 0 Å². The number of hydrogen-bond acceptors (Lipinski definition) is 4.